The summed E-state index contributed by atoms with van der Waals surface area (Å²) in [6, 6.07) is 7.32. The first-order valence-electron chi connectivity index (χ1n) is 9.35. The largest absolute Gasteiger partial charge is 0.351 e. The molecular formula is C21H20ClN3O2S. The van der Waals surface area contributed by atoms with E-state index in [0.29, 0.717) is 22.2 Å². The third-order valence-electron chi connectivity index (χ3n) is 4.96. The van der Waals surface area contributed by atoms with E-state index in [1.165, 1.54) is 40.3 Å². The second-order valence-electron chi connectivity index (χ2n) is 6.81. The maximum absolute atomic E-state index is 13.0. The number of nitrogens with one attached hydrogen (secondary N) is 1. The van der Waals surface area contributed by atoms with Crippen molar-refractivity contribution in [3.05, 3.63) is 68.4 Å². The van der Waals surface area contributed by atoms with E-state index in [1.807, 2.05) is 23.6 Å². The van der Waals surface area contributed by atoms with Gasteiger partial charge in [-0.25, -0.2) is 4.98 Å². The van der Waals surface area contributed by atoms with Gasteiger partial charge in [0.1, 0.15) is 5.56 Å². The molecule has 1 aliphatic carbocycles. The second kappa shape index (κ2) is 8.29. The molecule has 1 aliphatic rings. The van der Waals surface area contributed by atoms with Crippen molar-refractivity contribution < 1.29 is 4.79 Å². The van der Waals surface area contributed by atoms with E-state index in [-0.39, 0.29) is 17.0 Å². The van der Waals surface area contributed by atoms with Crippen LogP contribution >= 0.6 is 22.9 Å². The van der Waals surface area contributed by atoms with Gasteiger partial charge >= 0.3 is 0 Å². The van der Waals surface area contributed by atoms with E-state index >= 15 is 0 Å². The first-order valence-corrected chi connectivity index (χ1v) is 10.6. The van der Waals surface area contributed by atoms with Crippen molar-refractivity contribution in [2.24, 2.45) is 0 Å². The number of hydrogen-bond donors (Lipinski definition) is 1. The number of thiazole rings is 1. The molecule has 2 heterocycles. The molecule has 144 valence electrons. The van der Waals surface area contributed by atoms with Crippen LogP contribution in [0.25, 0.3) is 16.2 Å². The lowest BCUT2D eigenvalue weighted by atomic mass is 9.97. The Morgan fingerprint density at radius 2 is 2.14 bits per heavy atom. The third-order valence-corrected chi connectivity index (χ3v) is 6.13. The van der Waals surface area contributed by atoms with E-state index in [2.05, 4.69) is 16.4 Å². The number of nitrogens with zero attached hydrogens (tertiary/aromatic N) is 2. The van der Waals surface area contributed by atoms with Gasteiger partial charge in [-0.2, -0.15) is 0 Å². The van der Waals surface area contributed by atoms with Gasteiger partial charge in [-0.1, -0.05) is 41.4 Å². The van der Waals surface area contributed by atoms with Crippen molar-refractivity contribution in [2.75, 3.05) is 6.54 Å². The smallest absolute Gasteiger partial charge is 0.271 e. The normalized spacial score (nSPS) is 14.1. The lowest BCUT2D eigenvalue weighted by molar-refractivity contribution is 0.0952. The van der Waals surface area contributed by atoms with Gasteiger partial charge in [0.25, 0.3) is 11.5 Å². The zero-order chi connectivity index (χ0) is 19.5. The number of aromatic nitrogens is 2. The highest BCUT2D eigenvalue weighted by atomic mass is 35.5. The Labute approximate surface area is 171 Å². The summed E-state index contributed by atoms with van der Waals surface area (Å²) in [5.41, 5.74) is 2.43. The molecule has 0 radical (unpaired) electrons. The molecule has 2 aromatic heterocycles. The summed E-state index contributed by atoms with van der Waals surface area (Å²) in [4.78, 5) is 30.4. The molecule has 0 atom stereocenters. The van der Waals surface area contributed by atoms with Crippen LogP contribution in [-0.2, 0) is 0 Å². The van der Waals surface area contributed by atoms with E-state index < -0.39 is 0 Å². The van der Waals surface area contributed by atoms with Gasteiger partial charge in [-0.15, -0.1) is 11.3 Å². The van der Waals surface area contributed by atoms with Crippen LogP contribution in [0.4, 0.5) is 0 Å². The standard InChI is InChI=1S/C21H20ClN3O2S/c22-17-9-5-4-8-15(17)18-13-28-21-24-12-16(20(27)25(18)21)19(26)23-11-10-14-6-2-1-3-7-14/h4-6,8-9,12-13H,1-3,7,10-11H2,(H,23,26). The molecule has 1 amide bonds. The number of carbonyl (C=O) groups excluding carboxylic acids is 1. The number of fused-ring (bicyclic) bond motifs is 1. The van der Waals surface area contributed by atoms with Crippen LogP contribution in [-0.4, -0.2) is 21.8 Å². The highest BCUT2D eigenvalue weighted by Crippen LogP contribution is 2.29. The van der Waals surface area contributed by atoms with Gasteiger partial charge in [-0.3, -0.25) is 14.0 Å². The predicted molar refractivity (Wildman–Crippen MR) is 113 cm³/mol. The predicted octanol–water partition coefficient (Wildman–Crippen LogP) is 4.70. The van der Waals surface area contributed by atoms with E-state index in [1.54, 1.807) is 6.07 Å². The second-order valence-corrected chi connectivity index (χ2v) is 8.05. The lowest BCUT2D eigenvalue weighted by Gasteiger charge is -2.12. The minimum atomic E-state index is -0.389. The average Bonchev–Trinajstić information content (AvgIpc) is 3.14. The van der Waals surface area contributed by atoms with E-state index in [0.717, 1.165) is 24.8 Å². The summed E-state index contributed by atoms with van der Waals surface area (Å²) < 4.78 is 1.46. The van der Waals surface area contributed by atoms with Crippen LogP contribution in [0, 0.1) is 0 Å². The zero-order valence-corrected chi connectivity index (χ0v) is 16.9. The Kier molecular flexibility index (Phi) is 5.59. The summed E-state index contributed by atoms with van der Waals surface area (Å²) in [5, 5.41) is 5.24. The number of benzene rings is 1. The van der Waals surface area contributed by atoms with Crippen LogP contribution < -0.4 is 10.9 Å². The average molecular weight is 414 g/mol. The van der Waals surface area contributed by atoms with Gasteiger partial charge in [0, 0.05) is 28.7 Å². The summed E-state index contributed by atoms with van der Waals surface area (Å²) >= 11 is 7.64. The quantitative estimate of drug-likeness (QED) is 0.617. The van der Waals surface area contributed by atoms with Crippen LogP contribution in [0.5, 0.6) is 0 Å². The highest BCUT2D eigenvalue weighted by Gasteiger charge is 2.18. The van der Waals surface area contributed by atoms with Gasteiger partial charge in [0.2, 0.25) is 0 Å². The number of halogens is 1. The van der Waals surface area contributed by atoms with Crippen LogP contribution in [0.2, 0.25) is 5.02 Å². The van der Waals surface area contributed by atoms with Gasteiger partial charge in [0.05, 0.1) is 5.69 Å². The molecular weight excluding hydrogens is 394 g/mol. The summed E-state index contributed by atoms with van der Waals surface area (Å²) in [5.74, 6) is -0.389. The van der Waals surface area contributed by atoms with Crippen LogP contribution in [0.1, 0.15) is 42.5 Å². The highest BCUT2D eigenvalue weighted by molar-refractivity contribution is 7.15. The number of allylic oxidation sites excluding steroid dienone is 1. The van der Waals surface area contributed by atoms with Gasteiger partial charge in [-0.05, 0) is 38.2 Å². The molecule has 0 spiro atoms. The lowest BCUT2D eigenvalue weighted by Crippen LogP contribution is -2.32. The molecule has 0 fully saturated rings. The SMILES string of the molecule is O=C(NCCC1=CCCCC1)c1cnc2scc(-c3ccccc3Cl)n2c1=O. The van der Waals surface area contributed by atoms with Crippen LogP contribution in [0.15, 0.2) is 52.3 Å². The molecule has 1 aromatic carbocycles. The fraction of sp³-hybridized carbons (Fsp3) is 0.286. The Balaban J connectivity index is 1.60. The fourth-order valence-corrected chi connectivity index (χ4v) is 4.55. The molecule has 0 unspecified atom stereocenters. The van der Waals surface area contributed by atoms with Gasteiger partial charge in [0.15, 0.2) is 4.96 Å². The van der Waals surface area contributed by atoms with E-state index in [4.69, 9.17) is 11.6 Å². The molecule has 0 saturated heterocycles. The Hall–Kier alpha value is -2.44. The van der Waals surface area contributed by atoms with Crippen molar-refractivity contribution in [3.8, 4) is 11.3 Å². The molecule has 28 heavy (non-hydrogen) atoms. The monoisotopic (exact) mass is 413 g/mol. The Morgan fingerprint density at radius 3 is 2.93 bits per heavy atom. The van der Waals surface area contributed by atoms with Crippen molar-refractivity contribution in [1.82, 2.24) is 14.7 Å². The summed E-state index contributed by atoms with van der Waals surface area (Å²) in [7, 11) is 0. The van der Waals surface area contributed by atoms with Crippen molar-refractivity contribution in [1.29, 1.82) is 0 Å². The van der Waals surface area contributed by atoms with Gasteiger partial charge < -0.3 is 5.32 Å². The third kappa shape index (κ3) is 3.75. The zero-order valence-electron chi connectivity index (χ0n) is 15.3. The van der Waals surface area contributed by atoms with Crippen molar-refractivity contribution in [3.63, 3.8) is 0 Å². The first-order chi connectivity index (χ1) is 13.6. The topological polar surface area (TPSA) is 63.5 Å². The maximum atomic E-state index is 13.0. The summed E-state index contributed by atoms with van der Waals surface area (Å²) in [6.07, 6.45) is 9.12. The van der Waals surface area contributed by atoms with Crippen molar-refractivity contribution in [2.45, 2.75) is 32.1 Å². The number of rotatable bonds is 5. The molecule has 5 nitrogen and oxygen atoms in total. The Morgan fingerprint density at radius 1 is 1.29 bits per heavy atom. The maximum Gasteiger partial charge on any atom is 0.271 e. The Bertz CT molecular complexity index is 1120. The molecule has 1 N–H and O–H groups in total. The number of carbonyl (C=O) groups is 1. The first kappa shape index (κ1) is 18.9. The minimum absolute atomic E-state index is 0.0434. The van der Waals surface area contributed by atoms with Crippen LogP contribution in [0.3, 0.4) is 0 Å². The minimum Gasteiger partial charge on any atom is -0.351 e. The molecule has 0 aliphatic heterocycles. The number of amides is 1. The van der Waals surface area contributed by atoms with Crippen molar-refractivity contribution >= 4 is 33.8 Å². The molecule has 7 heteroatoms. The number of hydrogen-bond acceptors (Lipinski definition) is 4. The molecule has 0 saturated carbocycles. The van der Waals surface area contributed by atoms with E-state index in [9.17, 15) is 9.59 Å². The molecule has 3 aromatic rings. The molecule has 4 rings (SSSR count). The summed E-state index contributed by atoms with van der Waals surface area (Å²) in [6.45, 7) is 0.522. The fourth-order valence-electron chi connectivity index (χ4n) is 3.47. The molecule has 0 bridgehead atoms.